The second-order valence-corrected chi connectivity index (χ2v) is 8.96. The van der Waals surface area contributed by atoms with Crippen LogP contribution < -0.4 is 10.2 Å². The van der Waals surface area contributed by atoms with Crippen molar-refractivity contribution in [1.82, 2.24) is 25.5 Å². The number of alkyl carbamates (subject to hydrolysis) is 1. The van der Waals surface area contributed by atoms with Crippen LogP contribution in [0, 0.1) is 3.70 Å². The largest absolute Gasteiger partial charge is 0.445 e. The number of amides is 1. The quantitative estimate of drug-likeness (QED) is 0.496. The van der Waals surface area contributed by atoms with Crippen molar-refractivity contribution in [3.63, 3.8) is 0 Å². The van der Waals surface area contributed by atoms with Gasteiger partial charge in [-0.1, -0.05) is 30.3 Å². The second kappa shape index (κ2) is 8.58. The number of H-pyrrole nitrogens is 1. The summed E-state index contributed by atoms with van der Waals surface area (Å²) in [6, 6.07) is 9.62. The van der Waals surface area contributed by atoms with Gasteiger partial charge in [0, 0.05) is 19.7 Å². The topological polar surface area (TPSA) is 105 Å². The van der Waals surface area contributed by atoms with Crippen LogP contribution in [-0.4, -0.2) is 57.6 Å². The van der Waals surface area contributed by atoms with E-state index < -0.39 is 6.09 Å². The maximum absolute atomic E-state index is 12.4. The summed E-state index contributed by atoms with van der Waals surface area (Å²) in [6.45, 7) is 2.45. The van der Waals surface area contributed by atoms with Crippen molar-refractivity contribution >= 4 is 45.7 Å². The number of halogens is 1. The number of nitrogens with one attached hydrogen (secondary N) is 2. The summed E-state index contributed by atoms with van der Waals surface area (Å²) in [5, 5.41) is 10.2. The molecule has 1 spiro atoms. The molecule has 4 heterocycles. The lowest BCUT2D eigenvalue weighted by Gasteiger charge is -2.42. The van der Waals surface area contributed by atoms with Gasteiger partial charge in [0.25, 0.3) is 0 Å². The molecule has 10 heteroatoms. The first-order chi connectivity index (χ1) is 15.1. The molecule has 0 aliphatic carbocycles. The standard InChI is InChI=1S/C21H23IN6O3/c22-18-17-19(27-26-18)25-16(12-23-17)28-9-7-21(8-10-28)15(6-11-31-21)24-20(29)30-13-14-4-2-1-3-5-14/h1-5,12,15H,6-11,13H2,(H,24,29)(H,25,26,27). The van der Waals surface area contributed by atoms with E-state index in [-0.39, 0.29) is 18.2 Å². The molecule has 1 atom stereocenters. The second-order valence-electron chi connectivity index (χ2n) is 7.89. The van der Waals surface area contributed by atoms with Crippen LogP contribution in [0.4, 0.5) is 10.6 Å². The van der Waals surface area contributed by atoms with E-state index in [4.69, 9.17) is 9.47 Å². The first kappa shape index (κ1) is 20.4. The lowest BCUT2D eigenvalue weighted by atomic mass is 9.84. The molecule has 0 bridgehead atoms. The van der Waals surface area contributed by atoms with Gasteiger partial charge in [-0.3, -0.25) is 5.10 Å². The number of benzene rings is 1. The molecule has 1 amide bonds. The fourth-order valence-corrected chi connectivity index (χ4v) is 4.87. The average molecular weight is 534 g/mol. The molecular formula is C21H23IN6O3. The van der Waals surface area contributed by atoms with Gasteiger partial charge >= 0.3 is 6.09 Å². The minimum Gasteiger partial charge on any atom is -0.445 e. The zero-order chi connectivity index (χ0) is 21.3. The molecule has 162 valence electrons. The fraction of sp³-hybridized carbons (Fsp3) is 0.429. The molecule has 3 aromatic rings. The Morgan fingerprint density at radius 2 is 2.13 bits per heavy atom. The van der Waals surface area contributed by atoms with Gasteiger partial charge in [0.2, 0.25) is 5.65 Å². The highest BCUT2D eigenvalue weighted by Gasteiger charge is 2.47. The predicted octanol–water partition coefficient (Wildman–Crippen LogP) is 3.01. The van der Waals surface area contributed by atoms with Crippen molar-refractivity contribution in [3.05, 3.63) is 45.8 Å². The fourth-order valence-electron chi connectivity index (χ4n) is 4.37. The van der Waals surface area contributed by atoms with Crippen molar-refractivity contribution in [1.29, 1.82) is 0 Å². The van der Waals surface area contributed by atoms with E-state index in [9.17, 15) is 4.79 Å². The Balaban J connectivity index is 1.19. The number of aromatic amines is 1. The van der Waals surface area contributed by atoms with E-state index in [0.29, 0.717) is 12.3 Å². The lowest BCUT2D eigenvalue weighted by molar-refractivity contribution is -0.0292. The predicted molar refractivity (Wildman–Crippen MR) is 123 cm³/mol. The van der Waals surface area contributed by atoms with Gasteiger partial charge in [0.15, 0.2) is 0 Å². The molecule has 2 aliphatic heterocycles. The smallest absolute Gasteiger partial charge is 0.407 e. The molecule has 9 nitrogen and oxygen atoms in total. The van der Waals surface area contributed by atoms with Crippen LogP contribution in [0.5, 0.6) is 0 Å². The van der Waals surface area contributed by atoms with Gasteiger partial charge in [0.1, 0.15) is 21.6 Å². The molecule has 2 aromatic heterocycles. The van der Waals surface area contributed by atoms with Crippen molar-refractivity contribution in [2.45, 2.75) is 37.5 Å². The molecule has 31 heavy (non-hydrogen) atoms. The first-order valence-corrected chi connectivity index (χ1v) is 11.4. The highest BCUT2D eigenvalue weighted by Crippen LogP contribution is 2.37. The van der Waals surface area contributed by atoms with Crippen LogP contribution in [-0.2, 0) is 16.1 Å². The van der Waals surface area contributed by atoms with Gasteiger partial charge in [-0.15, -0.1) is 0 Å². The van der Waals surface area contributed by atoms with Crippen LogP contribution in [0.25, 0.3) is 11.2 Å². The number of carbonyl (C=O) groups is 1. The maximum Gasteiger partial charge on any atom is 0.407 e. The molecule has 0 radical (unpaired) electrons. The Labute approximate surface area is 193 Å². The molecule has 2 aliphatic rings. The van der Waals surface area contributed by atoms with Crippen molar-refractivity contribution < 1.29 is 14.3 Å². The number of fused-ring (bicyclic) bond motifs is 1. The van der Waals surface area contributed by atoms with E-state index in [0.717, 1.165) is 53.0 Å². The van der Waals surface area contributed by atoms with Crippen LogP contribution in [0.1, 0.15) is 24.8 Å². The van der Waals surface area contributed by atoms with Gasteiger partial charge in [-0.25, -0.2) is 14.8 Å². The minimum absolute atomic E-state index is 0.0561. The Kier molecular flexibility index (Phi) is 5.65. The first-order valence-electron chi connectivity index (χ1n) is 10.4. The van der Waals surface area contributed by atoms with Gasteiger partial charge < -0.3 is 19.7 Å². The normalized spacial score (nSPS) is 20.3. The summed E-state index contributed by atoms with van der Waals surface area (Å²) < 4.78 is 12.5. The van der Waals surface area contributed by atoms with Crippen LogP contribution in [0.2, 0.25) is 0 Å². The SMILES string of the molecule is O=C(NC1CCOC12CCN(c1cnc3c(I)[nH]nc3n1)CC2)OCc1ccccc1. The van der Waals surface area contributed by atoms with Crippen LogP contribution >= 0.6 is 22.6 Å². The van der Waals surface area contributed by atoms with Gasteiger partial charge in [-0.2, -0.15) is 5.10 Å². The molecule has 0 saturated carbocycles. The number of aromatic nitrogens is 4. The number of hydrogen-bond acceptors (Lipinski definition) is 7. The summed E-state index contributed by atoms with van der Waals surface area (Å²) in [4.78, 5) is 23.7. The number of piperidine rings is 1. The Bertz CT molecular complexity index is 1070. The van der Waals surface area contributed by atoms with E-state index >= 15 is 0 Å². The third kappa shape index (κ3) is 4.18. The molecule has 5 rings (SSSR count). The highest BCUT2D eigenvalue weighted by atomic mass is 127. The van der Waals surface area contributed by atoms with Crippen molar-refractivity contribution in [2.75, 3.05) is 24.6 Å². The Morgan fingerprint density at radius 1 is 1.32 bits per heavy atom. The van der Waals surface area contributed by atoms with E-state index in [1.54, 1.807) is 6.20 Å². The summed E-state index contributed by atoms with van der Waals surface area (Å²) >= 11 is 2.17. The summed E-state index contributed by atoms with van der Waals surface area (Å²) in [5.74, 6) is 0.815. The third-order valence-corrected chi connectivity index (χ3v) is 6.83. The molecule has 2 saturated heterocycles. The summed E-state index contributed by atoms with van der Waals surface area (Å²) in [7, 11) is 0. The van der Waals surface area contributed by atoms with Gasteiger partial charge in [-0.05, 0) is 47.4 Å². The molecule has 2 fully saturated rings. The number of carbonyl (C=O) groups excluding carboxylic acids is 1. The zero-order valence-electron chi connectivity index (χ0n) is 16.9. The monoisotopic (exact) mass is 534 g/mol. The minimum atomic E-state index is -0.398. The maximum atomic E-state index is 12.4. The number of nitrogens with zero attached hydrogens (tertiary/aromatic N) is 4. The molecular weight excluding hydrogens is 511 g/mol. The Morgan fingerprint density at radius 3 is 2.94 bits per heavy atom. The van der Waals surface area contributed by atoms with Crippen LogP contribution in [0.15, 0.2) is 36.5 Å². The highest BCUT2D eigenvalue weighted by molar-refractivity contribution is 14.1. The van der Waals surface area contributed by atoms with E-state index in [2.05, 4.69) is 53.0 Å². The van der Waals surface area contributed by atoms with Gasteiger partial charge in [0.05, 0.1) is 17.8 Å². The van der Waals surface area contributed by atoms with Crippen molar-refractivity contribution in [2.24, 2.45) is 0 Å². The molecule has 1 aromatic carbocycles. The van der Waals surface area contributed by atoms with E-state index in [1.165, 1.54) is 0 Å². The average Bonchev–Trinajstić information content (AvgIpc) is 3.36. The number of rotatable bonds is 4. The number of anilines is 1. The van der Waals surface area contributed by atoms with Crippen LogP contribution in [0.3, 0.4) is 0 Å². The van der Waals surface area contributed by atoms with Crippen molar-refractivity contribution in [3.8, 4) is 0 Å². The summed E-state index contributed by atoms with van der Waals surface area (Å²) in [5.41, 5.74) is 2.02. The molecule has 1 unspecified atom stereocenters. The number of hydrogen-bond donors (Lipinski definition) is 2. The zero-order valence-corrected chi connectivity index (χ0v) is 19.0. The summed E-state index contributed by atoms with van der Waals surface area (Å²) in [6.07, 6.45) is 3.79. The molecule has 2 N–H and O–H groups in total. The Hall–Kier alpha value is -2.47. The van der Waals surface area contributed by atoms with E-state index in [1.807, 2.05) is 30.3 Å². The lowest BCUT2D eigenvalue weighted by Crippen LogP contribution is -2.55. The third-order valence-electron chi connectivity index (χ3n) is 6.08. The number of ether oxygens (including phenoxy) is 2.